The predicted molar refractivity (Wildman–Crippen MR) is 121 cm³/mol. The van der Waals surface area contributed by atoms with Gasteiger partial charge in [-0.25, -0.2) is 23.5 Å². The first-order valence-corrected chi connectivity index (χ1v) is 12.6. The van der Waals surface area contributed by atoms with Crippen molar-refractivity contribution in [2.45, 2.75) is 75.5 Å². The molecule has 0 aromatic carbocycles. The highest BCUT2D eigenvalue weighted by Crippen LogP contribution is 2.48. The molecule has 2 bridgehead atoms. The first-order valence-electron chi connectivity index (χ1n) is 11.7. The second-order valence-corrected chi connectivity index (χ2v) is 10.5. The Kier molecular flexibility index (Phi) is 6.66. The van der Waals surface area contributed by atoms with Gasteiger partial charge >= 0.3 is 12.1 Å². The van der Waals surface area contributed by atoms with Crippen LogP contribution in [0.1, 0.15) is 72.2 Å². The summed E-state index contributed by atoms with van der Waals surface area (Å²) in [7, 11) is 1.46. The molecule has 0 spiro atoms. The smallest absolute Gasteiger partial charge is 0.408 e. The maximum atomic E-state index is 14.2. The summed E-state index contributed by atoms with van der Waals surface area (Å²) >= 11 is 0.725. The topological polar surface area (TPSA) is 87.6 Å². The van der Waals surface area contributed by atoms with Crippen molar-refractivity contribution in [1.82, 2.24) is 14.9 Å². The van der Waals surface area contributed by atoms with Gasteiger partial charge in [0.1, 0.15) is 17.6 Å². The minimum absolute atomic E-state index is 0.0703. The van der Waals surface area contributed by atoms with Crippen LogP contribution < -0.4 is 5.32 Å². The molecule has 2 saturated heterocycles. The number of nitrogens with zero attached hydrogens (tertiary/aromatic N) is 3. The van der Waals surface area contributed by atoms with E-state index in [1.165, 1.54) is 7.11 Å². The number of carboxylic acid groups (broad SMARTS) is 1. The molecule has 1 aliphatic carbocycles. The Balaban J connectivity index is 1.55. The molecule has 7 nitrogen and oxygen atoms in total. The second kappa shape index (κ2) is 9.49. The van der Waals surface area contributed by atoms with Gasteiger partial charge < -0.3 is 15.2 Å². The van der Waals surface area contributed by atoms with Gasteiger partial charge in [-0.1, -0.05) is 0 Å². The van der Waals surface area contributed by atoms with Gasteiger partial charge in [0.25, 0.3) is 6.43 Å². The number of ether oxygens (including phenoxy) is 1. The van der Waals surface area contributed by atoms with Crippen LogP contribution in [0.25, 0.3) is 10.4 Å². The Morgan fingerprint density at radius 1 is 1.19 bits per heavy atom. The number of methoxy groups -OCH3 is 1. The maximum Gasteiger partial charge on any atom is 0.408 e. The number of rotatable bonds is 9. The predicted octanol–water partition coefficient (Wildman–Crippen LogP) is 5.87. The summed E-state index contributed by atoms with van der Waals surface area (Å²) in [6.45, 7) is 0. The quantitative estimate of drug-likeness (QED) is 0.391. The van der Waals surface area contributed by atoms with E-state index < -0.39 is 42.3 Å². The lowest BCUT2D eigenvalue weighted by Crippen LogP contribution is -2.38. The van der Waals surface area contributed by atoms with Crippen LogP contribution in [0.3, 0.4) is 0 Å². The number of anilines is 1. The fourth-order valence-electron chi connectivity index (χ4n) is 5.47. The number of pyridine rings is 1. The third kappa shape index (κ3) is 4.68. The van der Waals surface area contributed by atoms with Crippen LogP contribution in [0.5, 0.6) is 0 Å². The first kappa shape index (κ1) is 25.3. The zero-order valence-corrected chi connectivity index (χ0v) is 20.1. The van der Waals surface area contributed by atoms with Crippen molar-refractivity contribution < 1.29 is 36.6 Å². The monoisotopic (exact) mass is 532 g/mol. The average Bonchev–Trinajstić information content (AvgIpc) is 3.26. The normalized spacial score (nSPS) is 23.9. The molecule has 3 fully saturated rings. The minimum atomic E-state index is -4.55. The lowest BCUT2D eigenvalue weighted by Gasteiger charge is -2.30. The Morgan fingerprint density at radius 2 is 1.83 bits per heavy atom. The summed E-state index contributed by atoms with van der Waals surface area (Å²) in [6, 6.07) is -0.512. The number of hydrogen-bond donors (Lipinski definition) is 2. The Bertz CT molecular complexity index is 1120. The van der Waals surface area contributed by atoms with Crippen LogP contribution in [0.2, 0.25) is 0 Å². The van der Waals surface area contributed by atoms with Gasteiger partial charge in [-0.05, 0) is 50.5 Å². The van der Waals surface area contributed by atoms with Crippen molar-refractivity contribution in [3.05, 3.63) is 28.5 Å². The fourth-order valence-corrected chi connectivity index (χ4v) is 6.43. The largest absolute Gasteiger partial charge is 0.476 e. The Morgan fingerprint density at radius 3 is 2.33 bits per heavy atom. The molecular formula is C23H25F5N4O3S. The molecular weight excluding hydrogens is 507 g/mol. The van der Waals surface area contributed by atoms with E-state index in [0.717, 1.165) is 49.3 Å². The van der Waals surface area contributed by atoms with E-state index in [4.69, 9.17) is 4.74 Å². The minimum Gasteiger partial charge on any atom is -0.476 e. The number of carboxylic acids is 1. The summed E-state index contributed by atoms with van der Waals surface area (Å²) in [6.07, 6.45) is -2.62. The highest BCUT2D eigenvalue weighted by Gasteiger charge is 2.49. The number of carbonyl (C=O) groups is 1. The van der Waals surface area contributed by atoms with Gasteiger partial charge in [-0.3, -0.25) is 4.90 Å². The molecule has 2 aromatic heterocycles. The molecule has 196 valence electrons. The molecule has 5 rings (SSSR count). The second-order valence-electron chi connectivity index (χ2n) is 9.49. The summed E-state index contributed by atoms with van der Waals surface area (Å²) in [5.41, 5.74) is -0.418. The third-order valence-corrected chi connectivity index (χ3v) is 8.33. The van der Waals surface area contributed by atoms with E-state index in [1.807, 2.05) is 0 Å². The van der Waals surface area contributed by atoms with E-state index in [0.29, 0.717) is 12.8 Å². The molecule has 36 heavy (non-hydrogen) atoms. The fraction of sp³-hybridized carbons (Fsp3) is 0.609. The van der Waals surface area contributed by atoms with Crippen LogP contribution in [0.4, 0.5) is 27.8 Å². The Hall–Kier alpha value is -2.38. The van der Waals surface area contributed by atoms with Crippen molar-refractivity contribution in [3.63, 3.8) is 0 Å². The van der Waals surface area contributed by atoms with Crippen LogP contribution in [0, 0.1) is 5.92 Å². The molecule has 1 saturated carbocycles. The number of thiazole rings is 1. The van der Waals surface area contributed by atoms with Crippen molar-refractivity contribution >= 4 is 23.1 Å². The highest BCUT2D eigenvalue weighted by atomic mass is 32.1. The van der Waals surface area contributed by atoms with E-state index in [2.05, 4.69) is 20.2 Å². The Labute approximate surface area is 207 Å². The van der Waals surface area contributed by atoms with Crippen molar-refractivity contribution in [3.8, 4) is 10.4 Å². The summed E-state index contributed by atoms with van der Waals surface area (Å²) < 4.78 is 74.5. The average molecular weight is 533 g/mol. The number of fused-ring (bicyclic) bond motifs is 2. The summed E-state index contributed by atoms with van der Waals surface area (Å²) in [5, 5.41) is 11.6. The van der Waals surface area contributed by atoms with E-state index >= 15 is 0 Å². The van der Waals surface area contributed by atoms with Gasteiger partial charge in [-0.2, -0.15) is 13.2 Å². The number of aromatic carboxylic acids is 1. The van der Waals surface area contributed by atoms with Crippen LogP contribution in [-0.4, -0.2) is 57.4 Å². The highest BCUT2D eigenvalue weighted by molar-refractivity contribution is 7.17. The van der Waals surface area contributed by atoms with Crippen LogP contribution in [-0.2, 0) is 4.74 Å². The lowest BCUT2D eigenvalue weighted by atomic mass is 10.0. The van der Waals surface area contributed by atoms with E-state index in [9.17, 15) is 31.9 Å². The molecule has 2 N–H and O–H groups in total. The molecule has 4 heterocycles. The molecule has 13 heteroatoms. The first-order chi connectivity index (χ1) is 17.1. The molecule has 0 amide bonds. The maximum absolute atomic E-state index is 14.2. The number of nitrogens with one attached hydrogen (secondary N) is 1. The zero-order chi connectivity index (χ0) is 25.8. The summed E-state index contributed by atoms with van der Waals surface area (Å²) in [5.74, 6) is -2.24. The number of alkyl halides is 5. The van der Waals surface area contributed by atoms with Gasteiger partial charge in [-0.15, -0.1) is 11.3 Å². The number of hydrogen-bond acceptors (Lipinski definition) is 7. The van der Waals surface area contributed by atoms with Crippen molar-refractivity contribution in [2.75, 3.05) is 12.4 Å². The van der Waals surface area contributed by atoms with Crippen molar-refractivity contribution in [2.24, 2.45) is 5.92 Å². The SMILES string of the molecule is COC(c1nc(C(=O)O)sc1-c1cnc(N[C@@H](C2CC2)C(F)(F)F)cc1C(F)F)N1C2CCC1CC2. The standard InChI is InChI=1S/C23H25F5N4O3S/c1-35-21(32-11-4-5-12(32)7-6-11)16-17(36-20(31-16)22(33)34)14-9-29-15(8-13(14)19(24)25)30-18(10-2-3-10)23(26,27)28/h8-12,18-19,21H,2-7H2,1H3,(H,29,30)(H,33,34)/t11?,12?,18-,21?/m0/s1. The number of halogens is 5. The van der Waals surface area contributed by atoms with Gasteiger partial charge in [0, 0.05) is 36.5 Å². The van der Waals surface area contributed by atoms with Gasteiger partial charge in [0.05, 0.1) is 4.88 Å². The molecule has 2 atom stereocenters. The van der Waals surface area contributed by atoms with Crippen LogP contribution >= 0.6 is 11.3 Å². The third-order valence-electron chi connectivity index (χ3n) is 7.24. The summed E-state index contributed by atoms with van der Waals surface area (Å²) in [4.78, 5) is 22.3. The zero-order valence-electron chi connectivity index (χ0n) is 19.3. The molecule has 3 aliphatic rings. The lowest BCUT2D eigenvalue weighted by molar-refractivity contribution is -0.146. The number of aromatic nitrogens is 2. The molecule has 1 unspecified atom stereocenters. The van der Waals surface area contributed by atoms with Crippen LogP contribution in [0.15, 0.2) is 12.3 Å². The van der Waals surface area contributed by atoms with E-state index in [1.54, 1.807) is 0 Å². The van der Waals surface area contributed by atoms with Gasteiger partial charge in [0.15, 0.2) is 6.23 Å². The molecule has 2 aliphatic heterocycles. The molecule has 2 aromatic rings. The van der Waals surface area contributed by atoms with Crippen molar-refractivity contribution in [1.29, 1.82) is 0 Å². The van der Waals surface area contributed by atoms with E-state index in [-0.39, 0.29) is 39.0 Å². The van der Waals surface area contributed by atoms with Gasteiger partial charge in [0.2, 0.25) is 5.01 Å². The molecule has 0 radical (unpaired) electrons.